The maximum Gasteiger partial charge on any atom is 0.328 e. The Morgan fingerprint density at radius 3 is 2.28 bits per heavy atom. The number of amides is 4. The Labute approximate surface area is 174 Å². The normalized spacial score (nSPS) is 13.8. The van der Waals surface area contributed by atoms with Gasteiger partial charge in [-0.15, -0.1) is 0 Å². The van der Waals surface area contributed by atoms with E-state index in [1.165, 1.54) is 6.08 Å². The van der Waals surface area contributed by atoms with Crippen LogP contribution in [0.2, 0.25) is 0 Å². The minimum atomic E-state index is -0.832. The first kappa shape index (κ1) is 18.9. The Hall–Kier alpha value is -3.45. The number of benzene rings is 3. The number of barbiturate groups is 1. The van der Waals surface area contributed by atoms with E-state index in [-0.39, 0.29) is 5.57 Å². The van der Waals surface area contributed by atoms with Crippen molar-refractivity contribution in [2.75, 3.05) is 0 Å². The molecule has 0 aromatic heterocycles. The van der Waals surface area contributed by atoms with Crippen LogP contribution in [0.3, 0.4) is 0 Å². The summed E-state index contributed by atoms with van der Waals surface area (Å²) in [5.74, 6) is -0.965. The SMILES string of the molecule is O=C1NC(=O)C(=Cc2c(OCc3ccc(Br)cc3)ccc3ccccc23)C(=O)N1. The lowest BCUT2D eigenvalue weighted by Gasteiger charge is -2.16. The lowest BCUT2D eigenvalue weighted by molar-refractivity contribution is -0.123. The van der Waals surface area contributed by atoms with Crippen molar-refractivity contribution < 1.29 is 19.1 Å². The molecule has 1 heterocycles. The molecule has 29 heavy (non-hydrogen) atoms. The molecule has 4 rings (SSSR count). The van der Waals surface area contributed by atoms with Crippen LogP contribution in [0, 0.1) is 0 Å². The maximum absolute atomic E-state index is 12.2. The molecule has 2 N–H and O–H groups in total. The molecule has 0 bridgehead atoms. The van der Waals surface area contributed by atoms with Crippen LogP contribution in [-0.2, 0) is 16.2 Å². The molecule has 0 spiro atoms. The summed E-state index contributed by atoms with van der Waals surface area (Å²) in [7, 11) is 0. The highest BCUT2D eigenvalue weighted by Crippen LogP contribution is 2.31. The Balaban J connectivity index is 1.76. The predicted molar refractivity (Wildman–Crippen MR) is 112 cm³/mol. The Morgan fingerprint density at radius 1 is 0.862 bits per heavy atom. The van der Waals surface area contributed by atoms with Crippen molar-refractivity contribution in [3.05, 3.63) is 81.8 Å². The molecule has 144 valence electrons. The minimum Gasteiger partial charge on any atom is -0.488 e. The number of rotatable bonds is 4. The van der Waals surface area contributed by atoms with E-state index in [9.17, 15) is 14.4 Å². The largest absolute Gasteiger partial charge is 0.488 e. The molecule has 1 fully saturated rings. The van der Waals surface area contributed by atoms with Crippen LogP contribution in [0.1, 0.15) is 11.1 Å². The van der Waals surface area contributed by atoms with Gasteiger partial charge in [0.15, 0.2) is 0 Å². The Kier molecular flexibility index (Phi) is 5.14. The van der Waals surface area contributed by atoms with Gasteiger partial charge >= 0.3 is 6.03 Å². The highest BCUT2D eigenvalue weighted by atomic mass is 79.9. The second-order valence-electron chi connectivity index (χ2n) is 6.41. The van der Waals surface area contributed by atoms with Crippen LogP contribution >= 0.6 is 15.9 Å². The summed E-state index contributed by atoms with van der Waals surface area (Å²) in [6, 6.07) is 18.2. The average molecular weight is 451 g/mol. The van der Waals surface area contributed by atoms with Crippen molar-refractivity contribution in [1.82, 2.24) is 10.6 Å². The van der Waals surface area contributed by atoms with E-state index >= 15 is 0 Å². The van der Waals surface area contributed by atoms with Crippen LogP contribution in [0.15, 0.2) is 70.7 Å². The molecule has 7 heteroatoms. The molecule has 0 unspecified atom stereocenters. The summed E-state index contributed by atoms with van der Waals surface area (Å²) < 4.78 is 6.99. The highest BCUT2D eigenvalue weighted by Gasteiger charge is 2.28. The van der Waals surface area contributed by atoms with Gasteiger partial charge in [0, 0.05) is 10.0 Å². The van der Waals surface area contributed by atoms with Gasteiger partial charge in [-0.25, -0.2) is 4.79 Å². The van der Waals surface area contributed by atoms with E-state index in [1.54, 1.807) is 6.07 Å². The Bertz CT molecular complexity index is 1150. The third-order valence-corrected chi connectivity index (χ3v) is 5.00. The van der Waals surface area contributed by atoms with Crippen LogP contribution in [0.25, 0.3) is 16.8 Å². The summed E-state index contributed by atoms with van der Waals surface area (Å²) in [5, 5.41) is 5.93. The van der Waals surface area contributed by atoms with Gasteiger partial charge in [-0.05, 0) is 40.6 Å². The summed E-state index contributed by atoms with van der Waals surface area (Å²) in [5.41, 5.74) is 1.41. The molecule has 0 aliphatic carbocycles. The zero-order valence-corrected chi connectivity index (χ0v) is 16.7. The zero-order chi connectivity index (χ0) is 20.4. The molecular weight excluding hydrogens is 436 g/mol. The molecule has 1 saturated heterocycles. The number of carbonyl (C=O) groups is 3. The first-order valence-electron chi connectivity index (χ1n) is 8.78. The fourth-order valence-corrected chi connectivity index (χ4v) is 3.31. The first-order valence-corrected chi connectivity index (χ1v) is 9.58. The smallest absolute Gasteiger partial charge is 0.328 e. The maximum atomic E-state index is 12.2. The molecule has 3 aromatic rings. The van der Waals surface area contributed by atoms with E-state index < -0.39 is 17.8 Å². The second-order valence-corrected chi connectivity index (χ2v) is 7.32. The molecule has 6 nitrogen and oxygen atoms in total. The van der Waals surface area contributed by atoms with Gasteiger partial charge in [0.25, 0.3) is 11.8 Å². The first-order chi connectivity index (χ1) is 14.0. The van der Waals surface area contributed by atoms with Crippen molar-refractivity contribution in [2.45, 2.75) is 6.61 Å². The number of halogens is 1. The van der Waals surface area contributed by atoms with Crippen molar-refractivity contribution in [3.8, 4) is 5.75 Å². The van der Waals surface area contributed by atoms with E-state index in [0.29, 0.717) is 17.9 Å². The molecule has 0 radical (unpaired) electrons. The number of fused-ring (bicyclic) bond motifs is 1. The molecule has 0 atom stereocenters. The van der Waals surface area contributed by atoms with Crippen LogP contribution in [-0.4, -0.2) is 17.8 Å². The monoisotopic (exact) mass is 450 g/mol. The van der Waals surface area contributed by atoms with Gasteiger partial charge in [0.2, 0.25) is 0 Å². The molecule has 4 amide bonds. The quantitative estimate of drug-likeness (QED) is 0.465. The van der Waals surface area contributed by atoms with Gasteiger partial charge in [-0.3, -0.25) is 20.2 Å². The van der Waals surface area contributed by atoms with Gasteiger partial charge in [-0.1, -0.05) is 58.4 Å². The van der Waals surface area contributed by atoms with Crippen molar-refractivity contribution in [1.29, 1.82) is 0 Å². The van der Waals surface area contributed by atoms with E-state index in [1.807, 2.05) is 54.6 Å². The van der Waals surface area contributed by atoms with E-state index in [4.69, 9.17) is 4.74 Å². The minimum absolute atomic E-state index is 0.158. The average Bonchev–Trinajstić information content (AvgIpc) is 2.70. The van der Waals surface area contributed by atoms with E-state index in [2.05, 4.69) is 26.6 Å². The molecule has 1 aliphatic heterocycles. The van der Waals surface area contributed by atoms with Gasteiger partial charge in [0.05, 0.1) is 0 Å². The standard InChI is InChI=1S/C22H15BrN2O4/c23-15-8-5-13(6-9-15)12-29-19-10-7-14-3-1-2-4-16(14)17(19)11-18-20(26)24-22(28)25-21(18)27/h1-11H,12H2,(H2,24,25,26,27,28). The number of ether oxygens (including phenoxy) is 1. The number of imide groups is 2. The summed E-state index contributed by atoms with van der Waals surface area (Å²) >= 11 is 3.40. The van der Waals surface area contributed by atoms with Crippen molar-refractivity contribution in [3.63, 3.8) is 0 Å². The number of nitrogens with one attached hydrogen (secondary N) is 2. The van der Waals surface area contributed by atoms with Gasteiger partial charge in [-0.2, -0.15) is 0 Å². The third-order valence-electron chi connectivity index (χ3n) is 4.47. The fourth-order valence-electron chi connectivity index (χ4n) is 3.04. The zero-order valence-electron chi connectivity index (χ0n) is 15.1. The molecular formula is C22H15BrN2O4. The second kappa shape index (κ2) is 7.89. The molecule has 3 aromatic carbocycles. The van der Waals surface area contributed by atoms with Crippen LogP contribution < -0.4 is 15.4 Å². The number of urea groups is 1. The number of hydrogen-bond donors (Lipinski definition) is 2. The van der Waals surface area contributed by atoms with Crippen LogP contribution in [0.5, 0.6) is 5.75 Å². The highest BCUT2D eigenvalue weighted by molar-refractivity contribution is 9.10. The van der Waals surface area contributed by atoms with E-state index in [0.717, 1.165) is 20.8 Å². The summed E-state index contributed by atoms with van der Waals surface area (Å²) in [6.45, 7) is 0.318. The number of hydrogen-bond acceptors (Lipinski definition) is 4. The van der Waals surface area contributed by atoms with Crippen molar-refractivity contribution >= 4 is 50.6 Å². The molecule has 1 aliphatic rings. The lowest BCUT2D eigenvalue weighted by atomic mass is 10.00. The topological polar surface area (TPSA) is 84.5 Å². The number of carbonyl (C=O) groups excluding carboxylic acids is 3. The summed E-state index contributed by atoms with van der Waals surface area (Å²) in [4.78, 5) is 35.7. The molecule has 0 saturated carbocycles. The van der Waals surface area contributed by atoms with Gasteiger partial charge in [0.1, 0.15) is 17.9 Å². The van der Waals surface area contributed by atoms with Crippen molar-refractivity contribution in [2.24, 2.45) is 0 Å². The third kappa shape index (κ3) is 4.05. The fraction of sp³-hybridized carbons (Fsp3) is 0.0455. The Morgan fingerprint density at radius 2 is 1.55 bits per heavy atom. The lowest BCUT2D eigenvalue weighted by Crippen LogP contribution is -2.51. The summed E-state index contributed by atoms with van der Waals surface area (Å²) in [6.07, 6.45) is 1.45. The predicted octanol–water partition coefficient (Wildman–Crippen LogP) is 3.93. The van der Waals surface area contributed by atoms with Gasteiger partial charge < -0.3 is 4.74 Å². The van der Waals surface area contributed by atoms with Crippen LogP contribution in [0.4, 0.5) is 4.79 Å².